The zero-order valence-electron chi connectivity index (χ0n) is 16.2. The molecular formula is C22H21N3O2S2. The second kappa shape index (κ2) is 8.63. The summed E-state index contributed by atoms with van der Waals surface area (Å²) in [4.78, 5) is 1.15. The highest BCUT2D eigenvalue weighted by molar-refractivity contribution is 7.80. The highest BCUT2D eigenvalue weighted by atomic mass is 32.1. The Bertz CT molecular complexity index is 1020. The summed E-state index contributed by atoms with van der Waals surface area (Å²) in [6.45, 7) is 0. The number of ether oxygens (including phenoxy) is 2. The lowest BCUT2D eigenvalue weighted by Crippen LogP contribution is -2.31. The molecule has 7 heteroatoms. The first-order valence-electron chi connectivity index (χ1n) is 9.18. The number of hydrogen-bond donors (Lipinski definition) is 1. The second-order valence-electron chi connectivity index (χ2n) is 6.50. The highest BCUT2D eigenvalue weighted by Crippen LogP contribution is 2.38. The van der Waals surface area contributed by atoms with Gasteiger partial charge in [0.1, 0.15) is 0 Å². The maximum Gasteiger partial charge on any atom is 0.194 e. The summed E-state index contributed by atoms with van der Waals surface area (Å²) in [6.07, 6.45) is 0.757. The van der Waals surface area contributed by atoms with Gasteiger partial charge in [-0.25, -0.2) is 5.01 Å². The third kappa shape index (κ3) is 4.11. The van der Waals surface area contributed by atoms with Gasteiger partial charge in [0.15, 0.2) is 16.6 Å². The van der Waals surface area contributed by atoms with Gasteiger partial charge in [0.2, 0.25) is 0 Å². The highest BCUT2D eigenvalue weighted by Gasteiger charge is 2.32. The van der Waals surface area contributed by atoms with Gasteiger partial charge < -0.3 is 14.8 Å². The summed E-state index contributed by atoms with van der Waals surface area (Å²) in [5.74, 6) is 1.39. The molecule has 0 radical (unpaired) electrons. The number of thiophene rings is 1. The van der Waals surface area contributed by atoms with Crippen LogP contribution in [0.3, 0.4) is 0 Å². The van der Waals surface area contributed by atoms with E-state index in [1.807, 2.05) is 59.6 Å². The Morgan fingerprint density at radius 2 is 1.86 bits per heavy atom. The normalized spacial score (nSPS) is 15.7. The van der Waals surface area contributed by atoms with Crippen molar-refractivity contribution < 1.29 is 9.47 Å². The van der Waals surface area contributed by atoms with E-state index in [0.717, 1.165) is 28.3 Å². The van der Waals surface area contributed by atoms with Gasteiger partial charge in [0, 0.05) is 12.1 Å². The van der Waals surface area contributed by atoms with E-state index in [1.54, 1.807) is 25.6 Å². The Kier molecular flexibility index (Phi) is 5.78. The maximum absolute atomic E-state index is 5.72. The van der Waals surface area contributed by atoms with Crippen LogP contribution in [0.25, 0.3) is 0 Å². The minimum atomic E-state index is -0.0318. The average molecular weight is 424 g/mol. The summed E-state index contributed by atoms with van der Waals surface area (Å²) in [5, 5.41) is 12.7. The molecule has 2 heterocycles. The number of nitrogens with one attached hydrogen (secondary N) is 1. The van der Waals surface area contributed by atoms with E-state index >= 15 is 0 Å². The predicted octanol–water partition coefficient (Wildman–Crippen LogP) is 5.31. The van der Waals surface area contributed by atoms with Crippen LogP contribution in [-0.2, 0) is 0 Å². The molecule has 0 bridgehead atoms. The van der Waals surface area contributed by atoms with E-state index < -0.39 is 0 Å². The monoisotopic (exact) mass is 423 g/mol. The van der Waals surface area contributed by atoms with Crippen molar-refractivity contribution in [3.8, 4) is 11.5 Å². The molecule has 29 heavy (non-hydrogen) atoms. The smallest absolute Gasteiger partial charge is 0.194 e. The fraction of sp³-hybridized carbons (Fsp3) is 0.182. The van der Waals surface area contributed by atoms with E-state index in [-0.39, 0.29) is 6.04 Å². The van der Waals surface area contributed by atoms with Gasteiger partial charge in [-0.05, 0) is 53.5 Å². The van der Waals surface area contributed by atoms with Crippen LogP contribution in [0.2, 0.25) is 0 Å². The minimum Gasteiger partial charge on any atom is -0.493 e. The molecule has 1 aromatic heterocycles. The molecular weight excluding hydrogens is 402 g/mol. The molecule has 1 atom stereocenters. The summed E-state index contributed by atoms with van der Waals surface area (Å²) in [7, 11) is 3.28. The zero-order chi connectivity index (χ0) is 20.2. The van der Waals surface area contributed by atoms with Gasteiger partial charge in [-0.15, -0.1) is 11.3 Å². The number of benzene rings is 2. The molecule has 3 aromatic rings. The number of nitrogens with zero attached hydrogens (tertiary/aromatic N) is 2. The predicted molar refractivity (Wildman–Crippen MR) is 122 cm³/mol. The van der Waals surface area contributed by atoms with E-state index in [4.69, 9.17) is 26.8 Å². The zero-order valence-corrected chi connectivity index (χ0v) is 17.8. The van der Waals surface area contributed by atoms with Crippen LogP contribution < -0.4 is 14.8 Å². The Labute approximate surface area is 179 Å². The van der Waals surface area contributed by atoms with Crippen molar-refractivity contribution in [2.45, 2.75) is 12.5 Å². The van der Waals surface area contributed by atoms with Gasteiger partial charge in [-0.3, -0.25) is 0 Å². The fourth-order valence-electron chi connectivity index (χ4n) is 3.31. The van der Waals surface area contributed by atoms with Crippen molar-refractivity contribution in [1.82, 2.24) is 5.01 Å². The fourth-order valence-corrected chi connectivity index (χ4v) is 4.32. The topological polar surface area (TPSA) is 46.1 Å². The Hall–Kier alpha value is -2.90. The van der Waals surface area contributed by atoms with Crippen molar-refractivity contribution >= 4 is 40.1 Å². The summed E-state index contributed by atoms with van der Waals surface area (Å²) in [5.41, 5.74) is 3.02. The summed E-state index contributed by atoms with van der Waals surface area (Å²) in [6, 6.07) is 19.9. The average Bonchev–Trinajstić information content (AvgIpc) is 3.44. The van der Waals surface area contributed by atoms with Crippen molar-refractivity contribution in [2.75, 3.05) is 19.5 Å². The van der Waals surface area contributed by atoms with Gasteiger partial charge >= 0.3 is 0 Å². The van der Waals surface area contributed by atoms with Crippen molar-refractivity contribution in [1.29, 1.82) is 0 Å². The molecule has 1 N–H and O–H groups in total. The SMILES string of the molecule is COc1ccc([C@@H]2CC(c3cccs3)=NN2C(=S)Nc2ccccc2)cc1OC. The molecule has 0 unspecified atom stereocenters. The number of methoxy groups -OCH3 is 2. The van der Waals surface area contributed by atoms with Gasteiger partial charge in [-0.2, -0.15) is 5.10 Å². The summed E-state index contributed by atoms with van der Waals surface area (Å²) >= 11 is 7.40. The molecule has 148 valence electrons. The first kappa shape index (κ1) is 19.4. The molecule has 0 amide bonds. The van der Waals surface area contributed by atoms with E-state index in [1.165, 1.54) is 0 Å². The number of hydrazone groups is 1. The van der Waals surface area contributed by atoms with Gasteiger partial charge in [0.25, 0.3) is 0 Å². The molecule has 4 rings (SSSR count). The van der Waals surface area contributed by atoms with Crippen molar-refractivity contribution in [2.24, 2.45) is 5.10 Å². The van der Waals surface area contributed by atoms with Crippen molar-refractivity contribution in [3.63, 3.8) is 0 Å². The standard InChI is InChI=1S/C22H21N3O2S2/c1-26-19-11-10-15(13-20(19)27-2)18-14-17(21-9-6-12-29-21)24-25(18)22(28)23-16-7-4-3-5-8-16/h3-13,18H,14H2,1-2H3,(H,23,28)/t18-/m0/s1. The van der Waals surface area contributed by atoms with Crippen LogP contribution in [0, 0.1) is 0 Å². The molecule has 2 aromatic carbocycles. The van der Waals surface area contributed by atoms with Crippen LogP contribution >= 0.6 is 23.6 Å². The lowest BCUT2D eigenvalue weighted by molar-refractivity contribution is 0.348. The number of rotatable bonds is 5. The molecule has 0 fully saturated rings. The number of para-hydroxylation sites is 1. The van der Waals surface area contributed by atoms with Crippen LogP contribution in [0.4, 0.5) is 5.69 Å². The molecule has 0 saturated heterocycles. The molecule has 1 aliphatic heterocycles. The largest absolute Gasteiger partial charge is 0.493 e. The Balaban J connectivity index is 1.67. The minimum absolute atomic E-state index is 0.0318. The number of thiocarbonyl (C=S) groups is 1. The van der Waals surface area contributed by atoms with Gasteiger partial charge in [0.05, 0.1) is 30.9 Å². The van der Waals surface area contributed by atoms with Crippen LogP contribution in [0.15, 0.2) is 71.1 Å². The number of anilines is 1. The molecule has 1 aliphatic rings. The van der Waals surface area contributed by atoms with Gasteiger partial charge in [-0.1, -0.05) is 30.3 Å². The first-order valence-corrected chi connectivity index (χ1v) is 10.5. The van der Waals surface area contributed by atoms with E-state index in [2.05, 4.69) is 16.8 Å². The van der Waals surface area contributed by atoms with E-state index in [0.29, 0.717) is 16.6 Å². The quantitative estimate of drug-likeness (QED) is 0.563. The molecule has 0 spiro atoms. The van der Waals surface area contributed by atoms with Crippen LogP contribution in [0.5, 0.6) is 11.5 Å². The molecule has 5 nitrogen and oxygen atoms in total. The van der Waals surface area contributed by atoms with Crippen molar-refractivity contribution in [3.05, 3.63) is 76.5 Å². The molecule has 0 aliphatic carbocycles. The maximum atomic E-state index is 5.72. The lowest BCUT2D eigenvalue weighted by Gasteiger charge is -2.25. The summed E-state index contributed by atoms with van der Waals surface area (Å²) < 4.78 is 10.9. The number of hydrogen-bond acceptors (Lipinski definition) is 5. The third-order valence-electron chi connectivity index (χ3n) is 4.74. The second-order valence-corrected chi connectivity index (χ2v) is 7.83. The Morgan fingerprint density at radius 1 is 1.07 bits per heavy atom. The van der Waals surface area contributed by atoms with Crippen LogP contribution in [-0.4, -0.2) is 30.1 Å². The first-order chi connectivity index (χ1) is 14.2. The van der Waals surface area contributed by atoms with Crippen LogP contribution in [0.1, 0.15) is 22.9 Å². The van der Waals surface area contributed by atoms with E-state index in [9.17, 15) is 0 Å². The Morgan fingerprint density at radius 3 is 2.55 bits per heavy atom. The molecule has 0 saturated carbocycles. The third-order valence-corrected chi connectivity index (χ3v) is 5.95. The lowest BCUT2D eigenvalue weighted by atomic mass is 10.0.